The van der Waals surface area contributed by atoms with E-state index in [9.17, 15) is 4.79 Å². The summed E-state index contributed by atoms with van der Waals surface area (Å²) in [5.41, 5.74) is 1.14. The lowest BCUT2D eigenvalue weighted by molar-refractivity contribution is -0.150. The third-order valence-electron chi connectivity index (χ3n) is 3.93. The first-order chi connectivity index (χ1) is 10.7. The molecule has 22 heavy (non-hydrogen) atoms. The minimum absolute atomic E-state index is 0.0582. The van der Waals surface area contributed by atoms with Crippen molar-refractivity contribution in [2.24, 2.45) is 0 Å². The molecule has 116 valence electrons. The molecule has 0 unspecified atom stereocenters. The zero-order valence-corrected chi connectivity index (χ0v) is 12.5. The molecule has 1 aromatic carbocycles. The van der Waals surface area contributed by atoms with E-state index in [1.807, 2.05) is 31.2 Å². The third-order valence-corrected chi connectivity index (χ3v) is 3.93. The maximum absolute atomic E-state index is 12.3. The van der Waals surface area contributed by atoms with Crippen LogP contribution in [0.2, 0.25) is 0 Å². The van der Waals surface area contributed by atoms with Crippen molar-refractivity contribution in [3.8, 4) is 11.4 Å². The van der Waals surface area contributed by atoms with Gasteiger partial charge in [-0.1, -0.05) is 18.2 Å². The number of carbonyl (C=O) groups excluding carboxylic acids is 1. The van der Waals surface area contributed by atoms with E-state index in [4.69, 9.17) is 4.74 Å². The predicted octanol–water partition coefficient (Wildman–Crippen LogP) is 1.44. The van der Waals surface area contributed by atoms with Crippen LogP contribution in [0.25, 0.3) is 11.4 Å². The van der Waals surface area contributed by atoms with Crippen molar-refractivity contribution in [1.29, 1.82) is 0 Å². The molecule has 3 rings (SSSR count). The van der Waals surface area contributed by atoms with Gasteiger partial charge in [0.15, 0.2) is 0 Å². The Balaban J connectivity index is 1.64. The van der Waals surface area contributed by atoms with Crippen LogP contribution in [0.3, 0.4) is 0 Å². The molecule has 0 saturated carbocycles. The van der Waals surface area contributed by atoms with Crippen molar-refractivity contribution in [3.05, 3.63) is 29.8 Å². The number of tetrazole rings is 1. The monoisotopic (exact) mass is 301 g/mol. The summed E-state index contributed by atoms with van der Waals surface area (Å²) in [5, 5.41) is 16.8. The molecule has 1 aliphatic heterocycles. The smallest absolute Gasteiger partial charge is 0.252 e. The highest BCUT2D eigenvalue weighted by atomic mass is 16.5. The van der Waals surface area contributed by atoms with Gasteiger partial charge in [-0.3, -0.25) is 4.79 Å². The van der Waals surface area contributed by atoms with Crippen LogP contribution in [0, 0.1) is 0 Å². The van der Waals surface area contributed by atoms with Gasteiger partial charge >= 0.3 is 0 Å². The van der Waals surface area contributed by atoms with Crippen LogP contribution in [0.1, 0.15) is 31.7 Å². The second-order valence-corrected chi connectivity index (χ2v) is 5.65. The number of carbonyl (C=O) groups is 1. The molecule has 2 aromatic rings. The van der Waals surface area contributed by atoms with Crippen LogP contribution in [0.5, 0.6) is 0 Å². The molecule has 0 radical (unpaired) electrons. The summed E-state index contributed by atoms with van der Waals surface area (Å²) >= 11 is 0. The van der Waals surface area contributed by atoms with Crippen molar-refractivity contribution in [1.82, 2.24) is 25.9 Å². The van der Waals surface area contributed by atoms with Crippen LogP contribution in [0.15, 0.2) is 24.3 Å². The van der Waals surface area contributed by atoms with Crippen LogP contribution >= 0.6 is 0 Å². The van der Waals surface area contributed by atoms with Crippen LogP contribution in [-0.4, -0.2) is 38.7 Å². The standard InChI is InChI=1S/C15H19N5O2/c1-15(7-2-3-8-22-15)14(21)16-10-11-5-4-6-12(9-11)13-17-19-20-18-13/h4-6,9H,2-3,7-8,10H2,1H3,(H,16,21)(H,17,18,19,20)/t15-/m1/s1. The minimum atomic E-state index is -0.705. The SMILES string of the molecule is C[C@]1(C(=O)NCc2cccc(-c3nn[nH]n3)c2)CCCCO1. The molecule has 0 aliphatic carbocycles. The lowest BCUT2D eigenvalue weighted by Gasteiger charge is -2.32. The van der Waals surface area contributed by atoms with E-state index >= 15 is 0 Å². The second kappa shape index (κ2) is 6.23. The molecule has 1 atom stereocenters. The van der Waals surface area contributed by atoms with Gasteiger partial charge < -0.3 is 10.1 Å². The van der Waals surface area contributed by atoms with Crippen molar-refractivity contribution in [2.75, 3.05) is 6.61 Å². The van der Waals surface area contributed by atoms with E-state index in [0.29, 0.717) is 19.0 Å². The largest absolute Gasteiger partial charge is 0.365 e. The fraction of sp³-hybridized carbons (Fsp3) is 0.467. The summed E-state index contributed by atoms with van der Waals surface area (Å²) < 4.78 is 5.65. The molecule has 2 heterocycles. The Hall–Kier alpha value is -2.28. The van der Waals surface area contributed by atoms with Gasteiger partial charge in [0.05, 0.1) is 0 Å². The number of aromatic amines is 1. The lowest BCUT2D eigenvalue weighted by atomic mass is 9.95. The van der Waals surface area contributed by atoms with E-state index in [-0.39, 0.29) is 5.91 Å². The first-order valence-corrected chi connectivity index (χ1v) is 7.42. The maximum atomic E-state index is 12.3. The number of ether oxygens (including phenoxy) is 1. The number of nitrogens with one attached hydrogen (secondary N) is 2. The van der Waals surface area contributed by atoms with Gasteiger partial charge in [-0.15, -0.1) is 10.2 Å². The number of nitrogens with zero attached hydrogens (tertiary/aromatic N) is 3. The van der Waals surface area contributed by atoms with E-state index in [0.717, 1.165) is 30.4 Å². The molecule has 1 aliphatic rings. The molecule has 1 amide bonds. The Morgan fingerprint density at radius 2 is 2.36 bits per heavy atom. The van der Waals surface area contributed by atoms with E-state index in [2.05, 4.69) is 25.9 Å². The Morgan fingerprint density at radius 3 is 3.09 bits per heavy atom. The van der Waals surface area contributed by atoms with Crippen molar-refractivity contribution >= 4 is 5.91 Å². The van der Waals surface area contributed by atoms with Crippen molar-refractivity contribution in [3.63, 3.8) is 0 Å². The van der Waals surface area contributed by atoms with Gasteiger partial charge in [0.2, 0.25) is 5.82 Å². The summed E-state index contributed by atoms with van der Waals surface area (Å²) in [4.78, 5) is 12.3. The average molecular weight is 301 g/mol. The molecule has 7 heteroatoms. The number of amides is 1. The highest BCUT2D eigenvalue weighted by molar-refractivity contribution is 5.84. The fourth-order valence-electron chi connectivity index (χ4n) is 2.59. The Morgan fingerprint density at radius 1 is 1.45 bits per heavy atom. The number of rotatable bonds is 4. The Kier molecular flexibility index (Phi) is 4.15. The Labute approximate surface area is 128 Å². The minimum Gasteiger partial charge on any atom is -0.365 e. The number of aromatic nitrogens is 4. The maximum Gasteiger partial charge on any atom is 0.252 e. The summed E-state index contributed by atoms with van der Waals surface area (Å²) in [6.45, 7) is 2.96. The van der Waals surface area contributed by atoms with Crippen molar-refractivity contribution < 1.29 is 9.53 Å². The number of H-pyrrole nitrogens is 1. The van der Waals surface area contributed by atoms with Gasteiger partial charge in [0, 0.05) is 18.7 Å². The van der Waals surface area contributed by atoms with Crippen LogP contribution in [0.4, 0.5) is 0 Å². The summed E-state index contributed by atoms with van der Waals surface area (Å²) in [6.07, 6.45) is 2.81. The zero-order chi connectivity index (χ0) is 15.4. The third kappa shape index (κ3) is 3.14. The van der Waals surface area contributed by atoms with Crippen LogP contribution < -0.4 is 5.32 Å². The molecule has 0 bridgehead atoms. The highest BCUT2D eigenvalue weighted by Crippen LogP contribution is 2.24. The molecule has 1 aromatic heterocycles. The molecular weight excluding hydrogens is 282 g/mol. The molecule has 0 spiro atoms. The van der Waals surface area contributed by atoms with E-state index in [1.165, 1.54) is 0 Å². The fourth-order valence-corrected chi connectivity index (χ4v) is 2.59. The molecular formula is C15H19N5O2. The summed E-state index contributed by atoms with van der Waals surface area (Å²) in [5.74, 6) is 0.480. The molecule has 1 fully saturated rings. The summed E-state index contributed by atoms with van der Waals surface area (Å²) in [6, 6.07) is 7.71. The van der Waals surface area contributed by atoms with Crippen molar-refractivity contribution in [2.45, 2.75) is 38.3 Å². The first kappa shape index (κ1) is 14.6. The Bertz CT molecular complexity index is 635. The van der Waals surface area contributed by atoms with E-state index in [1.54, 1.807) is 0 Å². The van der Waals surface area contributed by atoms with Gasteiger partial charge in [0.1, 0.15) is 5.60 Å². The predicted molar refractivity (Wildman–Crippen MR) is 79.7 cm³/mol. The normalized spacial score (nSPS) is 21.5. The highest BCUT2D eigenvalue weighted by Gasteiger charge is 2.35. The average Bonchev–Trinajstić information content (AvgIpc) is 3.08. The topological polar surface area (TPSA) is 92.8 Å². The molecule has 1 saturated heterocycles. The summed E-state index contributed by atoms with van der Waals surface area (Å²) in [7, 11) is 0. The molecule has 7 nitrogen and oxygen atoms in total. The second-order valence-electron chi connectivity index (χ2n) is 5.65. The van der Waals surface area contributed by atoms with Gasteiger partial charge in [-0.25, -0.2) is 0 Å². The quantitative estimate of drug-likeness (QED) is 0.891. The van der Waals surface area contributed by atoms with E-state index < -0.39 is 5.60 Å². The molecule has 2 N–H and O–H groups in total. The number of benzene rings is 1. The number of hydrogen-bond acceptors (Lipinski definition) is 5. The van der Waals surface area contributed by atoms with Gasteiger partial charge in [-0.05, 0) is 43.0 Å². The van der Waals surface area contributed by atoms with Gasteiger partial charge in [-0.2, -0.15) is 5.21 Å². The number of hydrogen-bond donors (Lipinski definition) is 2. The zero-order valence-electron chi connectivity index (χ0n) is 12.5. The van der Waals surface area contributed by atoms with Gasteiger partial charge in [0.25, 0.3) is 5.91 Å². The first-order valence-electron chi connectivity index (χ1n) is 7.42. The van der Waals surface area contributed by atoms with Crippen LogP contribution in [-0.2, 0) is 16.1 Å². The lowest BCUT2D eigenvalue weighted by Crippen LogP contribution is -2.48.